The Bertz CT molecular complexity index is 554. The maximum Gasteiger partial charge on any atom is 0.272 e. The molecule has 16 heavy (non-hydrogen) atoms. The third kappa shape index (κ3) is 1.55. The first kappa shape index (κ1) is 10.3. The van der Waals surface area contributed by atoms with Crippen molar-refractivity contribution in [3.05, 3.63) is 40.2 Å². The number of aromatic amines is 1. The number of phenols is 1. The molecular formula is C10H11N3O3. The summed E-state index contributed by atoms with van der Waals surface area (Å²) >= 11 is 0. The highest BCUT2D eigenvalue weighted by Crippen LogP contribution is 2.19. The maximum absolute atomic E-state index is 11.4. The number of aromatic hydroxyl groups is 2. The normalized spacial score (nSPS) is 10.6. The minimum Gasteiger partial charge on any atom is -0.508 e. The van der Waals surface area contributed by atoms with Gasteiger partial charge in [0.05, 0.1) is 11.3 Å². The van der Waals surface area contributed by atoms with Crippen LogP contribution in [0.2, 0.25) is 0 Å². The number of nitrogens with two attached hydrogens (primary N) is 1. The topological polar surface area (TPSA) is 104 Å². The predicted octanol–water partition coefficient (Wildman–Crippen LogP) is 0.0355. The van der Waals surface area contributed by atoms with Gasteiger partial charge in [0.1, 0.15) is 5.75 Å². The number of phenolic OH excluding ortho intramolecular Hbond substituents is 1. The van der Waals surface area contributed by atoms with Crippen LogP contribution < -0.4 is 11.3 Å². The zero-order chi connectivity index (χ0) is 11.7. The Labute approximate surface area is 90.6 Å². The molecule has 2 aromatic rings. The number of H-pyrrole nitrogens is 1. The average molecular weight is 221 g/mol. The van der Waals surface area contributed by atoms with Gasteiger partial charge < -0.3 is 15.9 Å². The number of nitrogens with one attached hydrogen (secondary N) is 1. The van der Waals surface area contributed by atoms with Gasteiger partial charge in [-0.1, -0.05) is 0 Å². The highest BCUT2D eigenvalue weighted by atomic mass is 16.3. The van der Waals surface area contributed by atoms with Crippen LogP contribution in [0, 0.1) is 0 Å². The van der Waals surface area contributed by atoms with Gasteiger partial charge in [-0.2, -0.15) is 0 Å². The Morgan fingerprint density at radius 1 is 1.25 bits per heavy atom. The van der Waals surface area contributed by atoms with Crippen LogP contribution in [0.4, 0.5) is 0 Å². The number of hydrogen-bond donors (Lipinski definition) is 4. The van der Waals surface area contributed by atoms with Gasteiger partial charge in [-0.05, 0) is 24.3 Å². The molecule has 84 valence electrons. The highest BCUT2D eigenvalue weighted by molar-refractivity contribution is 5.40. The SMILES string of the molecule is NCc1c(O)n(-c2ccc(O)cc2)[nH]c1=O. The summed E-state index contributed by atoms with van der Waals surface area (Å²) in [5.74, 6) is -0.102. The molecule has 0 aliphatic carbocycles. The summed E-state index contributed by atoms with van der Waals surface area (Å²) in [6, 6.07) is 6.03. The fourth-order valence-electron chi connectivity index (χ4n) is 1.43. The van der Waals surface area contributed by atoms with Gasteiger partial charge in [-0.25, -0.2) is 4.68 Å². The lowest BCUT2D eigenvalue weighted by atomic mass is 10.3. The van der Waals surface area contributed by atoms with E-state index in [4.69, 9.17) is 10.8 Å². The van der Waals surface area contributed by atoms with E-state index in [0.29, 0.717) is 5.69 Å². The minimum absolute atomic E-state index is 0.0355. The lowest BCUT2D eigenvalue weighted by Gasteiger charge is -2.04. The van der Waals surface area contributed by atoms with Crippen LogP contribution in [-0.2, 0) is 6.54 Å². The zero-order valence-corrected chi connectivity index (χ0v) is 8.34. The van der Waals surface area contributed by atoms with Crippen LogP contribution >= 0.6 is 0 Å². The molecule has 0 amide bonds. The van der Waals surface area contributed by atoms with Crippen molar-refractivity contribution in [2.24, 2.45) is 5.73 Å². The van der Waals surface area contributed by atoms with Gasteiger partial charge in [-0.3, -0.25) is 9.89 Å². The third-order valence-electron chi connectivity index (χ3n) is 2.28. The molecular weight excluding hydrogens is 210 g/mol. The molecule has 5 N–H and O–H groups in total. The molecule has 6 nitrogen and oxygen atoms in total. The lowest BCUT2D eigenvalue weighted by molar-refractivity contribution is 0.428. The van der Waals surface area contributed by atoms with Crippen LogP contribution in [0.15, 0.2) is 29.1 Å². The highest BCUT2D eigenvalue weighted by Gasteiger charge is 2.13. The second-order valence-corrected chi connectivity index (χ2v) is 3.30. The standard InChI is InChI=1S/C10H11N3O3/c11-5-8-9(15)12-13(10(8)16)6-1-3-7(14)4-2-6/h1-4,14,16H,5,11H2,(H,12,15). The van der Waals surface area contributed by atoms with Crippen LogP contribution in [0.1, 0.15) is 5.56 Å². The Balaban J connectivity index is 2.56. The Morgan fingerprint density at radius 3 is 2.38 bits per heavy atom. The molecule has 1 aromatic carbocycles. The minimum atomic E-state index is -0.423. The molecule has 0 unspecified atom stereocenters. The Hall–Kier alpha value is -2.21. The van der Waals surface area contributed by atoms with Gasteiger partial charge in [-0.15, -0.1) is 0 Å². The largest absolute Gasteiger partial charge is 0.508 e. The van der Waals surface area contributed by atoms with E-state index in [0.717, 1.165) is 0 Å². The summed E-state index contributed by atoms with van der Waals surface area (Å²) in [6.45, 7) is -0.0355. The van der Waals surface area contributed by atoms with Crippen molar-refractivity contribution in [2.45, 2.75) is 6.54 Å². The van der Waals surface area contributed by atoms with E-state index in [1.165, 1.54) is 16.8 Å². The second-order valence-electron chi connectivity index (χ2n) is 3.30. The summed E-state index contributed by atoms with van der Waals surface area (Å²) in [6.07, 6.45) is 0. The molecule has 0 bridgehead atoms. The van der Waals surface area contributed by atoms with Gasteiger partial charge in [0.2, 0.25) is 5.88 Å². The van der Waals surface area contributed by atoms with E-state index < -0.39 is 5.56 Å². The molecule has 0 atom stereocenters. The number of hydrogen-bond acceptors (Lipinski definition) is 4. The molecule has 0 saturated carbocycles. The van der Waals surface area contributed by atoms with Crippen LogP contribution in [0.25, 0.3) is 5.69 Å². The Morgan fingerprint density at radius 2 is 1.88 bits per heavy atom. The van der Waals surface area contributed by atoms with Gasteiger partial charge >= 0.3 is 0 Å². The first-order valence-corrected chi connectivity index (χ1v) is 4.66. The zero-order valence-electron chi connectivity index (χ0n) is 8.34. The number of nitrogens with zero attached hydrogens (tertiary/aromatic N) is 1. The molecule has 0 saturated heterocycles. The van der Waals surface area contributed by atoms with Crippen LogP contribution in [0.5, 0.6) is 11.6 Å². The quantitative estimate of drug-likeness (QED) is 0.574. The molecule has 1 heterocycles. The molecule has 2 rings (SSSR count). The smallest absolute Gasteiger partial charge is 0.272 e. The van der Waals surface area contributed by atoms with Crippen LogP contribution in [-0.4, -0.2) is 20.0 Å². The summed E-state index contributed by atoms with van der Waals surface area (Å²) < 4.78 is 1.21. The molecule has 1 aromatic heterocycles. The van der Waals surface area contributed by atoms with Crippen molar-refractivity contribution in [1.82, 2.24) is 9.78 Å². The van der Waals surface area contributed by atoms with Crippen molar-refractivity contribution in [3.63, 3.8) is 0 Å². The van der Waals surface area contributed by atoms with Crippen LogP contribution in [0.3, 0.4) is 0 Å². The third-order valence-corrected chi connectivity index (χ3v) is 2.28. The van der Waals surface area contributed by atoms with Gasteiger partial charge in [0, 0.05) is 6.54 Å². The van der Waals surface area contributed by atoms with Crippen molar-refractivity contribution in [3.8, 4) is 17.3 Å². The lowest BCUT2D eigenvalue weighted by Crippen LogP contribution is -2.10. The van der Waals surface area contributed by atoms with Gasteiger partial charge in [0.15, 0.2) is 0 Å². The summed E-state index contributed by atoms with van der Waals surface area (Å²) in [5.41, 5.74) is 5.58. The van der Waals surface area contributed by atoms with Crippen molar-refractivity contribution in [2.75, 3.05) is 0 Å². The van der Waals surface area contributed by atoms with Crippen molar-refractivity contribution >= 4 is 0 Å². The molecule has 6 heteroatoms. The number of aromatic nitrogens is 2. The predicted molar refractivity (Wildman–Crippen MR) is 57.6 cm³/mol. The first-order valence-electron chi connectivity index (χ1n) is 4.66. The fourth-order valence-corrected chi connectivity index (χ4v) is 1.43. The molecule has 0 spiro atoms. The number of benzene rings is 1. The summed E-state index contributed by atoms with van der Waals surface area (Å²) in [7, 11) is 0. The monoisotopic (exact) mass is 221 g/mol. The molecule has 0 fully saturated rings. The van der Waals surface area contributed by atoms with E-state index in [1.54, 1.807) is 12.1 Å². The second kappa shape index (κ2) is 3.74. The fraction of sp³-hybridized carbons (Fsp3) is 0.100. The molecule has 0 radical (unpaired) electrons. The van der Waals surface area contributed by atoms with E-state index in [9.17, 15) is 9.90 Å². The average Bonchev–Trinajstić information content (AvgIpc) is 2.55. The first-order chi connectivity index (χ1) is 7.63. The molecule has 0 aliphatic heterocycles. The van der Waals surface area contributed by atoms with Crippen molar-refractivity contribution < 1.29 is 10.2 Å². The van der Waals surface area contributed by atoms with E-state index >= 15 is 0 Å². The summed E-state index contributed by atoms with van der Waals surface area (Å²) in [4.78, 5) is 11.4. The van der Waals surface area contributed by atoms with E-state index in [-0.39, 0.29) is 23.7 Å². The molecule has 0 aliphatic rings. The maximum atomic E-state index is 11.4. The van der Waals surface area contributed by atoms with Crippen molar-refractivity contribution in [1.29, 1.82) is 0 Å². The Kier molecular flexibility index (Phi) is 2.41. The van der Waals surface area contributed by atoms with Gasteiger partial charge in [0.25, 0.3) is 5.56 Å². The summed E-state index contributed by atoms with van der Waals surface area (Å²) in [5, 5.41) is 21.3. The number of rotatable bonds is 2. The van der Waals surface area contributed by atoms with E-state index in [2.05, 4.69) is 5.10 Å². The van der Waals surface area contributed by atoms with E-state index in [1.807, 2.05) is 0 Å².